The van der Waals surface area contributed by atoms with E-state index in [-0.39, 0.29) is 16.0 Å². The standard InChI is InChI=1S/C21H18FN3O5S/c1-30-18-10-8-17(9-11-18)25-31(28,29)19-12-4-15(5-13-19)21(27)24-23-20(26)14-2-6-16(22)7-3-14/h2-13,25H,1H3,(H,23,26)(H,24,27). The van der Waals surface area contributed by atoms with E-state index >= 15 is 0 Å². The van der Waals surface area contributed by atoms with Crippen LogP contribution in [-0.4, -0.2) is 27.3 Å². The SMILES string of the molecule is COc1ccc(NS(=O)(=O)c2ccc(C(=O)NNC(=O)c3ccc(F)cc3)cc2)cc1. The van der Waals surface area contributed by atoms with Crippen molar-refractivity contribution in [3.63, 3.8) is 0 Å². The second kappa shape index (κ2) is 9.26. The van der Waals surface area contributed by atoms with Gasteiger partial charge in [0.2, 0.25) is 0 Å². The minimum Gasteiger partial charge on any atom is -0.497 e. The third-order valence-corrected chi connectivity index (χ3v) is 5.56. The van der Waals surface area contributed by atoms with Gasteiger partial charge in [-0.1, -0.05) is 0 Å². The van der Waals surface area contributed by atoms with Crippen LogP contribution in [-0.2, 0) is 10.0 Å². The summed E-state index contributed by atoms with van der Waals surface area (Å²) in [5.74, 6) is -1.18. The number of sulfonamides is 1. The number of hydrogen-bond donors (Lipinski definition) is 3. The number of hydrazine groups is 1. The van der Waals surface area contributed by atoms with Crippen LogP contribution >= 0.6 is 0 Å². The molecule has 3 aromatic carbocycles. The topological polar surface area (TPSA) is 114 Å². The maximum atomic E-state index is 12.9. The monoisotopic (exact) mass is 443 g/mol. The molecule has 10 heteroatoms. The summed E-state index contributed by atoms with van der Waals surface area (Å²) in [6.07, 6.45) is 0. The van der Waals surface area contributed by atoms with Crippen LogP contribution in [0.2, 0.25) is 0 Å². The quantitative estimate of drug-likeness (QED) is 0.507. The highest BCUT2D eigenvalue weighted by atomic mass is 32.2. The molecule has 0 saturated heterocycles. The summed E-state index contributed by atoms with van der Waals surface area (Å²) in [4.78, 5) is 24.1. The van der Waals surface area contributed by atoms with E-state index in [4.69, 9.17) is 4.74 Å². The number of nitrogens with one attached hydrogen (secondary N) is 3. The Balaban J connectivity index is 1.62. The van der Waals surface area contributed by atoms with Gasteiger partial charge in [-0.15, -0.1) is 0 Å². The van der Waals surface area contributed by atoms with Gasteiger partial charge in [-0.3, -0.25) is 25.2 Å². The molecular weight excluding hydrogens is 425 g/mol. The molecule has 0 aliphatic heterocycles. The smallest absolute Gasteiger partial charge is 0.269 e. The highest BCUT2D eigenvalue weighted by Crippen LogP contribution is 2.19. The van der Waals surface area contributed by atoms with E-state index in [0.717, 1.165) is 12.1 Å². The lowest BCUT2D eigenvalue weighted by Crippen LogP contribution is -2.41. The van der Waals surface area contributed by atoms with E-state index in [2.05, 4.69) is 15.6 Å². The van der Waals surface area contributed by atoms with Crippen LogP contribution in [0, 0.1) is 5.82 Å². The van der Waals surface area contributed by atoms with Gasteiger partial charge in [0.15, 0.2) is 0 Å². The van der Waals surface area contributed by atoms with Crippen LogP contribution < -0.4 is 20.3 Å². The summed E-state index contributed by atoms with van der Waals surface area (Å²) in [5.41, 5.74) is 5.05. The molecule has 8 nitrogen and oxygen atoms in total. The molecule has 0 aliphatic carbocycles. The van der Waals surface area contributed by atoms with Crippen LogP contribution in [0.4, 0.5) is 10.1 Å². The number of ether oxygens (including phenoxy) is 1. The largest absolute Gasteiger partial charge is 0.497 e. The summed E-state index contributed by atoms with van der Waals surface area (Å²) >= 11 is 0. The van der Waals surface area contributed by atoms with Gasteiger partial charge in [0.05, 0.1) is 12.0 Å². The number of halogens is 1. The molecule has 3 rings (SSSR count). The number of amides is 2. The van der Waals surface area contributed by atoms with Crippen molar-refractivity contribution < 1.29 is 27.1 Å². The fraction of sp³-hybridized carbons (Fsp3) is 0.0476. The molecule has 3 aromatic rings. The average molecular weight is 443 g/mol. The van der Waals surface area contributed by atoms with Crippen LogP contribution in [0.15, 0.2) is 77.7 Å². The molecule has 0 spiro atoms. The minimum absolute atomic E-state index is 0.0461. The molecule has 0 unspecified atom stereocenters. The van der Waals surface area contributed by atoms with Crippen molar-refractivity contribution in [2.45, 2.75) is 4.90 Å². The van der Waals surface area contributed by atoms with Crippen molar-refractivity contribution in [2.24, 2.45) is 0 Å². The molecule has 0 aliphatic rings. The van der Waals surface area contributed by atoms with Crippen LogP contribution in [0.25, 0.3) is 0 Å². The van der Waals surface area contributed by atoms with Gasteiger partial charge in [-0.2, -0.15) is 0 Å². The predicted molar refractivity (Wildman–Crippen MR) is 112 cm³/mol. The Hall–Kier alpha value is -3.92. The van der Waals surface area contributed by atoms with Gasteiger partial charge in [0, 0.05) is 16.8 Å². The molecular formula is C21H18FN3O5S. The minimum atomic E-state index is -3.86. The molecule has 0 aromatic heterocycles. The van der Waals surface area contributed by atoms with Gasteiger partial charge in [0.25, 0.3) is 21.8 Å². The van der Waals surface area contributed by atoms with E-state index in [9.17, 15) is 22.4 Å². The predicted octanol–water partition coefficient (Wildman–Crippen LogP) is 2.71. The van der Waals surface area contributed by atoms with Crippen molar-refractivity contribution in [2.75, 3.05) is 11.8 Å². The third kappa shape index (κ3) is 5.58. The first-order valence-electron chi connectivity index (χ1n) is 8.92. The number of methoxy groups -OCH3 is 1. The van der Waals surface area contributed by atoms with Crippen molar-refractivity contribution >= 4 is 27.5 Å². The summed E-state index contributed by atoms with van der Waals surface area (Å²) in [5, 5.41) is 0. The zero-order valence-corrected chi connectivity index (χ0v) is 17.1. The molecule has 0 fully saturated rings. The maximum absolute atomic E-state index is 12.9. The molecule has 0 radical (unpaired) electrons. The number of hydrogen-bond acceptors (Lipinski definition) is 5. The van der Waals surface area contributed by atoms with Crippen molar-refractivity contribution in [3.8, 4) is 5.75 Å². The Bertz CT molecular complexity index is 1180. The Morgan fingerprint density at radius 3 is 1.74 bits per heavy atom. The van der Waals surface area contributed by atoms with Crippen LogP contribution in [0.3, 0.4) is 0 Å². The third-order valence-electron chi connectivity index (χ3n) is 4.17. The van der Waals surface area contributed by atoms with Gasteiger partial charge in [-0.05, 0) is 72.8 Å². The Labute approximate surface area is 178 Å². The highest BCUT2D eigenvalue weighted by Gasteiger charge is 2.16. The fourth-order valence-electron chi connectivity index (χ4n) is 2.52. The Morgan fingerprint density at radius 1 is 0.774 bits per heavy atom. The summed E-state index contributed by atoms with van der Waals surface area (Å²) in [6, 6.07) is 16.3. The first kappa shape index (κ1) is 21.8. The lowest BCUT2D eigenvalue weighted by molar-refractivity contribution is 0.0846. The molecule has 160 valence electrons. The van der Waals surface area contributed by atoms with Gasteiger partial charge >= 0.3 is 0 Å². The van der Waals surface area contributed by atoms with E-state index in [1.54, 1.807) is 24.3 Å². The molecule has 0 heterocycles. The molecule has 0 atom stereocenters. The van der Waals surface area contributed by atoms with E-state index < -0.39 is 27.7 Å². The second-order valence-electron chi connectivity index (χ2n) is 6.27. The average Bonchev–Trinajstić information content (AvgIpc) is 2.78. The van der Waals surface area contributed by atoms with Crippen LogP contribution in [0.1, 0.15) is 20.7 Å². The first-order chi connectivity index (χ1) is 14.8. The number of rotatable bonds is 6. The fourth-order valence-corrected chi connectivity index (χ4v) is 3.58. The van der Waals surface area contributed by atoms with E-state index in [1.165, 1.54) is 43.5 Å². The molecule has 0 bridgehead atoms. The summed E-state index contributed by atoms with van der Waals surface area (Å²) in [7, 11) is -2.36. The molecule has 31 heavy (non-hydrogen) atoms. The van der Waals surface area contributed by atoms with Crippen LogP contribution in [0.5, 0.6) is 5.75 Å². The number of carbonyl (C=O) groups is 2. The van der Waals surface area contributed by atoms with Crippen molar-refractivity contribution in [1.82, 2.24) is 10.9 Å². The second-order valence-corrected chi connectivity index (χ2v) is 7.96. The summed E-state index contributed by atoms with van der Waals surface area (Å²) < 4.78 is 45.4. The first-order valence-corrected chi connectivity index (χ1v) is 10.4. The summed E-state index contributed by atoms with van der Waals surface area (Å²) in [6.45, 7) is 0. The lowest BCUT2D eigenvalue weighted by atomic mass is 10.2. The number of benzene rings is 3. The zero-order chi connectivity index (χ0) is 22.4. The molecule has 3 N–H and O–H groups in total. The Morgan fingerprint density at radius 2 is 1.26 bits per heavy atom. The highest BCUT2D eigenvalue weighted by molar-refractivity contribution is 7.92. The Kier molecular flexibility index (Phi) is 6.51. The maximum Gasteiger partial charge on any atom is 0.269 e. The van der Waals surface area contributed by atoms with Crippen molar-refractivity contribution in [3.05, 3.63) is 89.7 Å². The van der Waals surface area contributed by atoms with E-state index in [0.29, 0.717) is 11.4 Å². The van der Waals surface area contributed by atoms with Gasteiger partial charge < -0.3 is 4.74 Å². The van der Waals surface area contributed by atoms with Gasteiger partial charge in [-0.25, -0.2) is 12.8 Å². The molecule has 2 amide bonds. The lowest BCUT2D eigenvalue weighted by Gasteiger charge is -2.10. The zero-order valence-electron chi connectivity index (χ0n) is 16.3. The number of carbonyl (C=O) groups excluding carboxylic acids is 2. The van der Waals surface area contributed by atoms with Gasteiger partial charge in [0.1, 0.15) is 11.6 Å². The van der Waals surface area contributed by atoms with Crippen molar-refractivity contribution in [1.29, 1.82) is 0 Å². The number of anilines is 1. The normalized spacial score (nSPS) is 10.8. The molecule has 0 saturated carbocycles. The van der Waals surface area contributed by atoms with E-state index in [1.807, 2.05) is 0 Å².